The van der Waals surface area contributed by atoms with Crippen LogP contribution in [0.3, 0.4) is 0 Å². The van der Waals surface area contributed by atoms with Crippen LogP contribution in [0.1, 0.15) is 49.9 Å². The maximum absolute atomic E-state index is 2.51. The van der Waals surface area contributed by atoms with E-state index in [9.17, 15) is 0 Å². The first-order valence-electron chi connectivity index (χ1n) is 20.8. The van der Waals surface area contributed by atoms with Crippen LogP contribution in [0.4, 0.5) is 17.1 Å². The Kier molecular flexibility index (Phi) is 7.94. The molecule has 0 fully saturated rings. The van der Waals surface area contributed by atoms with Gasteiger partial charge in [0.1, 0.15) is 0 Å². The Labute approximate surface area is 347 Å². The summed E-state index contributed by atoms with van der Waals surface area (Å²) in [5.41, 5.74) is 21.3. The van der Waals surface area contributed by atoms with Crippen molar-refractivity contribution >= 4 is 27.8 Å². The zero-order valence-corrected chi connectivity index (χ0v) is 34.0. The number of para-hydroxylation sites is 1. The standard InChI is InChI=1S/C58H45N/c1-57(2)52-25-15-13-23-46(52)47-33-31-42(35-53(47)57)59(55-26-16-14-21-44(55)41-29-27-39(28-30-41)38-17-7-5-8-18-38)43-32-34-48-51-37-50(40-19-9-6-10-20-40)45-22-11-12-24-49(45)56(51)58(3,4)54(48)36-43/h5-37H,1-4H3. The van der Waals surface area contributed by atoms with Crippen LogP contribution in [0.5, 0.6) is 0 Å². The predicted molar refractivity (Wildman–Crippen MR) is 250 cm³/mol. The molecule has 11 rings (SSSR count). The first-order valence-corrected chi connectivity index (χ1v) is 20.8. The zero-order valence-electron chi connectivity index (χ0n) is 34.0. The molecule has 0 unspecified atom stereocenters. The second-order valence-electron chi connectivity index (χ2n) is 17.3. The fourth-order valence-corrected chi connectivity index (χ4v) is 10.3. The highest BCUT2D eigenvalue weighted by Gasteiger charge is 2.39. The Hall–Kier alpha value is -6.96. The molecular formula is C58H45N. The first-order chi connectivity index (χ1) is 28.8. The highest BCUT2D eigenvalue weighted by molar-refractivity contribution is 6.06. The SMILES string of the molecule is CC1(C)c2ccccc2-c2ccc(N(c3ccc4c(c3)C(C)(C)c3c-4cc(-c4ccccc4)c4ccccc34)c3ccccc3-c3ccc(-c4ccccc4)cc3)cc21. The van der Waals surface area contributed by atoms with Gasteiger partial charge in [0.2, 0.25) is 0 Å². The van der Waals surface area contributed by atoms with Gasteiger partial charge in [0, 0.05) is 27.8 Å². The van der Waals surface area contributed by atoms with Gasteiger partial charge in [-0.15, -0.1) is 0 Å². The molecule has 0 bridgehead atoms. The molecule has 2 aliphatic carbocycles. The van der Waals surface area contributed by atoms with Crippen molar-refractivity contribution in [1.82, 2.24) is 0 Å². The van der Waals surface area contributed by atoms with E-state index in [0.717, 1.165) is 17.1 Å². The number of hydrogen-bond donors (Lipinski definition) is 0. The largest absolute Gasteiger partial charge is 0.310 e. The minimum atomic E-state index is -0.227. The second-order valence-corrected chi connectivity index (χ2v) is 17.3. The molecule has 59 heavy (non-hydrogen) atoms. The quantitative estimate of drug-likeness (QED) is 0.163. The molecule has 0 amide bonds. The molecule has 0 heterocycles. The van der Waals surface area contributed by atoms with Crippen molar-refractivity contribution < 1.29 is 0 Å². The molecule has 0 aliphatic heterocycles. The van der Waals surface area contributed by atoms with Gasteiger partial charge in [0.25, 0.3) is 0 Å². The summed E-state index contributed by atoms with van der Waals surface area (Å²) in [5, 5.41) is 2.63. The molecule has 0 saturated heterocycles. The van der Waals surface area contributed by atoms with Crippen LogP contribution < -0.4 is 4.90 Å². The van der Waals surface area contributed by atoms with Crippen molar-refractivity contribution in [2.45, 2.75) is 38.5 Å². The van der Waals surface area contributed by atoms with E-state index >= 15 is 0 Å². The van der Waals surface area contributed by atoms with Crippen molar-refractivity contribution in [3.8, 4) is 55.6 Å². The van der Waals surface area contributed by atoms with Gasteiger partial charge in [-0.05, 0) is 119 Å². The lowest BCUT2D eigenvalue weighted by molar-refractivity contribution is 0.660. The van der Waals surface area contributed by atoms with Crippen LogP contribution in [0.2, 0.25) is 0 Å². The fraction of sp³-hybridized carbons (Fsp3) is 0.103. The summed E-state index contributed by atoms with van der Waals surface area (Å²) in [7, 11) is 0. The number of fused-ring (bicyclic) bond motifs is 8. The normalized spacial score (nSPS) is 14.0. The Morgan fingerprint density at radius 3 is 1.47 bits per heavy atom. The van der Waals surface area contributed by atoms with Gasteiger partial charge < -0.3 is 4.90 Å². The second kappa shape index (κ2) is 13.3. The zero-order chi connectivity index (χ0) is 39.9. The maximum Gasteiger partial charge on any atom is 0.0540 e. The van der Waals surface area contributed by atoms with Crippen LogP contribution in [-0.2, 0) is 10.8 Å². The third kappa shape index (κ3) is 5.45. The van der Waals surface area contributed by atoms with Crippen molar-refractivity contribution in [2.75, 3.05) is 4.90 Å². The minimum absolute atomic E-state index is 0.126. The Bertz CT molecular complexity index is 3080. The van der Waals surface area contributed by atoms with Crippen LogP contribution in [0.25, 0.3) is 66.4 Å². The van der Waals surface area contributed by atoms with Crippen LogP contribution >= 0.6 is 0 Å². The van der Waals surface area contributed by atoms with E-state index in [1.165, 1.54) is 88.7 Å². The molecule has 282 valence electrons. The number of benzene rings is 9. The van der Waals surface area contributed by atoms with Crippen LogP contribution in [0, 0.1) is 0 Å². The molecule has 0 saturated carbocycles. The molecule has 1 nitrogen and oxygen atoms in total. The highest BCUT2D eigenvalue weighted by atomic mass is 15.1. The summed E-state index contributed by atoms with van der Waals surface area (Å²) in [5.74, 6) is 0. The number of hydrogen-bond acceptors (Lipinski definition) is 1. The smallest absolute Gasteiger partial charge is 0.0540 e. The molecule has 1 heteroatoms. The molecule has 2 aliphatic rings. The topological polar surface area (TPSA) is 3.24 Å². The van der Waals surface area contributed by atoms with E-state index in [1.54, 1.807) is 0 Å². The highest BCUT2D eigenvalue weighted by Crippen LogP contribution is 2.56. The summed E-state index contributed by atoms with van der Waals surface area (Å²) in [6.45, 7) is 9.57. The van der Waals surface area contributed by atoms with Gasteiger partial charge in [0.15, 0.2) is 0 Å². The lowest BCUT2D eigenvalue weighted by Crippen LogP contribution is -2.18. The molecule has 9 aromatic carbocycles. The average molecular weight is 756 g/mol. The Balaban J connectivity index is 1.11. The summed E-state index contributed by atoms with van der Waals surface area (Å²) >= 11 is 0. The van der Waals surface area contributed by atoms with E-state index < -0.39 is 0 Å². The van der Waals surface area contributed by atoms with Gasteiger partial charge in [-0.1, -0.05) is 191 Å². The predicted octanol–water partition coefficient (Wildman–Crippen LogP) is 15.9. The monoisotopic (exact) mass is 755 g/mol. The summed E-state index contributed by atoms with van der Waals surface area (Å²) in [4.78, 5) is 2.51. The lowest BCUT2D eigenvalue weighted by atomic mass is 9.79. The number of rotatable bonds is 6. The molecule has 0 radical (unpaired) electrons. The van der Waals surface area contributed by atoms with Gasteiger partial charge >= 0.3 is 0 Å². The van der Waals surface area contributed by atoms with Crippen molar-refractivity contribution in [3.05, 3.63) is 222 Å². The number of anilines is 3. The Morgan fingerprint density at radius 2 is 0.780 bits per heavy atom. The van der Waals surface area contributed by atoms with Gasteiger partial charge in [0.05, 0.1) is 5.69 Å². The van der Waals surface area contributed by atoms with E-state index in [4.69, 9.17) is 0 Å². The minimum Gasteiger partial charge on any atom is -0.310 e. The summed E-state index contributed by atoms with van der Waals surface area (Å²) in [6.07, 6.45) is 0. The summed E-state index contributed by atoms with van der Waals surface area (Å²) in [6, 6.07) is 74.2. The third-order valence-electron chi connectivity index (χ3n) is 13.3. The third-order valence-corrected chi connectivity index (χ3v) is 13.3. The van der Waals surface area contributed by atoms with E-state index in [0.29, 0.717) is 0 Å². The molecular weight excluding hydrogens is 711 g/mol. The van der Waals surface area contributed by atoms with Crippen molar-refractivity contribution in [2.24, 2.45) is 0 Å². The molecule has 0 N–H and O–H groups in total. The van der Waals surface area contributed by atoms with E-state index in [-0.39, 0.29) is 10.8 Å². The number of nitrogens with zero attached hydrogens (tertiary/aromatic N) is 1. The molecule has 0 atom stereocenters. The van der Waals surface area contributed by atoms with Crippen LogP contribution in [-0.4, -0.2) is 0 Å². The first kappa shape index (κ1) is 35.2. The van der Waals surface area contributed by atoms with E-state index in [1.807, 2.05) is 0 Å². The molecule has 0 aromatic heterocycles. The van der Waals surface area contributed by atoms with Crippen molar-refractivity contribution in [3.63, 3.8) is 0 Å². The molecule has 0 spiro atoms. The average Bonchev–Trinajstić information content (AvgIpc) is 3.66. The van der Waals surface area contributed by atoms with Gasteiger partial charge in [-0.3, -0.25) is 0 Å². The van der Waals surface area contributed by atoms with Gasteiger partial charge in [-0.25, -0.2) is 0 Å². The maximum atomic E-state index is 2.51. The Morgan fingerprint density at radius 1 is 0.305 bits per heavy atom. The lowest BCUT2D eigenvalue weighted by Gasteiger charge is -2.31. The van der Waals surface area contributed by atoms with Crippen molar-refractivity contribution in [1.29, 1.82) is 0 Å². The van der Waals surface area contributed by atoms with Crippen LogP contribution in [0.15, 0.2) is 200 Å². The fourth-order valence-electron chi connectivity index (χ4n) is 10.3. The van der Waals surface area contributed by atoms with E-state index in [2.05, 4.69) is 233 Å². The van der Waals surface area contributed by atoms with Gasteiger partial charge in [-0.2, -0.15) is 0 Å². The summed E-state index contributed by atoms with van der Waals surface area (Å²) < 4.78 is 0. The molecule has 9 aromatic rings.